The normalized spacial score (nSPS) is 13.1. The predicted molar refractivity (Wildman–Crippen MR) is 164 cm³/mol. The van der Waals surface area contributed by atoms with Crippen LogP contribution >= 0.6 is 0 Å². The molecule has 2 amide bonds. The third-order valence-corrected chi connectivity index (χ3v) is 7.71. The highest BCUT2D eigenvalue weighted by Gasteiger charge is 2.33. The van der Waals surface area contributed by atoms with Crippen LogP contribution in [-0.4, -0.2) is 63.0 Å². The van der Waals surface area contributed by atoms with E-state index < -0.39 is 24.6 Å². The Balaban J connectivity index is 1.45. The molecule has 4 aromatic rings. The van der Waals surface area contributed by atoms with E-state index in [2.05, 4.69) is 25.6 Å². The van der Waals surface area contributed by atoms with Gasteiger partial charge >= 0.3 is 11.9 Å². The number of esters is 2. The van der Waals surface area contributed by atoms with Crippen molar-refractivity contribution in [3.63, 3.8) is 0 Å². The van der Waals surface area contributed by atoms with E-state index in [-0.39, 0.29) is 35.7 Å². The van der Waals surface area contributed by atoms with Crippen molar-refractivity contribution < 1.29 is 38.8 Å². The van der Waals surface area contributed by atoms with Crippen LogP contribution in [0.25, 0.3) is 5.52 Å². The molecule has 1 unspecified atom stereocenters. The number of nitrogens with one attached hydrogen (secondary N) is 2. The van der Waals surface area contributed by atoms with Gasteiger partial charge in [0.05, 0.1) is 23.2 Å². The highest BCUT2D eigenvalue weighted by atomic mass is 17.1. The summed E-state index contributed by atoms with van der Waals surface area (Å²) in [7, 11) is 0. The lowest BCUT2D eigenvalue weighted by molar-refractivity contribution is -0.167. The van der Waals surface area contributed by atoms with E-state index in [0.717, 1.165) is 19.3 Å². The molecule has 0 saturated heterocycles. The number of carbonyl (C=O) groups is 4. The highest BCUT2D eigenvalue weighted by Crippen LogP contribution is 2.33. The second-order valence-corrected chi connectivity index (χ2v) is 11.1. The number of fused-ring (bicyclic) bond motifs is 1. The van der Waals surface area contributed by atoms with Gasteiger partial charge in [-0.2, -0.15) is 5.10 Å². The lowest BCUT2D eigenvalue weighted by atomic mass is 9.89. The van der Waals surface area contributed by atoms with Gasteiger partial charge in [0.25, 0.3) is 11.8 Å². The van der Waals surface area contributed by atoms with E-state index in [4.69, 9.17) is 14.7 Å². The van der Waals surface area contributed by atoms with Gasteiger partial charge in [0.2, 0.25) is 6.79 Å². The minimum atomic E-state index is -1.16. The van der Waals surface area contributed by atoms with Gasteiger partial charge in [0.15, 0.2) is 5.75 Å². The minimum absolute atomic E-state index is 0.109. The third kappa shape index (κ3) is 7.32. The van der Waals surface area contributed by atoms with E-state index in [0.29, 0.717) is 45.4 Å². The molecule has 46 heavy (non-hydrogen) atoms. The first-order chi connectivity index (χ1) is 22.2. The first-order valence-corrected chi connectivity index (χ1v) is 14.9. The van der Waals surface area contributed by atoms with Crippen molar-refractivity contribution in [1.29, 1.82) is 0 Å². The van der Waals surface area contributed by atoms with E-state index >= 15 is 0 Å². The van der Waals surface area contributed by atoms with Crippen molar-refractivity contribution >= 4 is 29.3 Å². The molecule has 0 radical (unpaired) electrons. The second kappa shape index (κ2) is 14.2. The molecule has 1 fully saturated rings. The molecule has 240 valence electrons. The third-order valence-electron chi connectivity index (χ3n) is 7.71. The molecule has 0 bridgehead atoms. The van der Waals surface area contributed by atoms with E-state index in [1.54, 1.807) is 50.4 Å². The van der Waals surface area contributed by atoms with Crippen LogP contribution < -0.4 is 15.5 Å². The van der Waals surface area contributed by atoms with Gasteiger partial charge < -0.3 is 25.0 Å². The van der Waals surface area contributed by atoms with Gasteiger partial charge in [-0.3, -0.25) is 19.2 Å². The Morgan fingerprint density at radius 1 is 1.04 bits per heavy atom. The molecule has 13 nitrogen and oxygen atoms in total. The Hall–Kier alpha value is -5.30. The second-order valence-electron chi connectivity index (χ2n) is 11.1. The topological polar surface area (TPSA) is 170 Å². The number of aromatic nitrogens is 3. The van der Waals surface area contributed by atoms with Crippen LogP contribution in [0.4, 0.5) is 0 Å². The van der Waals surface area contributed by atoms with Gasteiger partial charge in [-0.05, 0) is 79.6 Å². The number of carbonyl (C=O) groups excluding carboxylic acids is 4. The van der Waals surface area contributed by atoms with Crippen LogP contribution in [0.2, 0.25) is 0 Å². The summed E-state index contributed by atoms with van der Waals surface area (Å²) < 4.78 is 12.2. The molecule has 2 heterocycles. The molecule has 1 aliphatic rings. The van der Waals surface area contributed by atoms with Gasteiger partial charge in [0.1, 0.15) is 12.2 Å². The first-order valence-electron chi connectivity index (χ1n) is 14.9. The number of ether oxygens (including phenoxy) is 2. The fraction of sp³-hybridized carbons (Fsp3) is 0.333. The predicted octanol–water partition coefficient (Wildman–Crippen LogP) is 3.65. The average molecular weight is 630 g/mol. The average Bonchev–Trinajstić information content (AvgIpc) is 3.80. The zero-order valence-corrected chi connectivity index (χ0v) is 25.7. The molecular formula is C33H35N5O8. The molecule has 5 rings (SSSR count). The van der Waals surface area contributed by atoms with Crippen molar-refractivity contribution in [2.45, 2.75) is 58.4 Å². The summed E-state index contributed by atoms with van der Waals surface area (Å²) in [6.07, 6.45) is 5.37. The monoisotopic (exact) mass is 629 g/mol. The lowest BCUT2D eigenvalue weighted by Crippen LogP contribution is -2.26. The highest BCUT2D eigenvalue weighted by molar-refractivity contribution is 5.99. The maximum absolute atomic E-state index is 13.9. The summed E-state index contributed by atoms with van der Waals surface area (Å²) in [6, 6.07) is 11.3. The van der Waals surface area contributed by atoms with Gasteiger partial charge in [0, 0.05) is 24.3 Å². The Morgan fingerprint density at radius 2 is 1.80 bits per heavy atom. The Bertz CT molecular complexity index is 1760. The maximum atomic E-state index is 13.9. The summed E-state index contributed by atoms with van der Waals surface area (Å²) in [5.74, 6) is -2.92. The molecule has 0 spiro atoms. The number of rotatable bonds is 13. The lowest BCUT2D eigenvalue weighted by Gasteiger charge is -2.20. The largest absolute Gasteiger partial charge is 0.428 e. The van der Waals surface area contributed by atoms with Crippen LogP contribution in [0.15, 0.2) is 55.0 Å². The first kappa shape index (κ1) is 32.1. The van der Waals surface area contributed by atoms with E-state index in [9.17, 15) is 19.2 Å². The summed E-state index contributed by atoms with van der Waals surface area (Å²) >= 11 is 0. The van der Waals surface area contributed by atoms with E-state index in [1.165, 1.54) is 23.0 Å². The van der Waals surface area contributed by atoms with Crippen LogP contribution in [0.5, 0.6) is 5.75 Å². The minimum Gasteiger partial charge on any atom is -0.428 e. The summed E-state index contributed by atoms with van der Waals surface area (Å²) in [5, 5.41) is 18.8. The molecular weight excluding hydrogens is 594 g/mol. The number of hydrogen-bond donors (Lipinski definition) is 3. The zero-order valence-electron chi connectivity index (χ0n) is 25.7. The number of hydrogen-bond acceptors (Lipinski definition) is 10. The molecule has 1 saturated carbocycles. The molecule has 0 aliphatic heterocycles. The Labute approximate surface area is 264 Å². The van der Waals surface area contributed by atoms with Crippen molar-refractivity contribution in [1.82, 2.24) is 25.2 Å². The van der Waals surface area contributed by atoms with Crippen LogP contribution in [0.3, 0.4) is 0 Å². The van der Waals surface area contributed by atoms with E-state index in [1.807, 2.05) is 6.92 Å². The fourth-order valence-electron chi connectivity index (χ4n) is 5.06. The number of amides is 2. The van der Waals surface area contributed by atoms with Crippen LogP contribution in [0, 0.1) is 13.8 Å². The SMILES string of the molecule is CCCNC(=O)c1ccc(C)c(C(C(=O)OCOC(=O)Cc2ccc(OO)cc2)c2ncnn3cc(C(=O)NC4CC4)c(C)c23)c1. The molecule has 2 aromatic carbocycles. The van der Waals surface area contributed by atoms with Gasteiger partial charge in [-0.1, -0.05) is 25.1 Å². The van der Waals surface area contributed by atoms with Gasteiger partial charge in [-0.25, -0.2) is 14.8 Å². The summed E-state index contributed by atoms with van der Waals surface area (Å²) in [5.41, 5.74) is 3.76. The number of nitrogens with zero attached hydrogens (tertiary/aromatic N) is 3. The van der Waals surface area contributed by atoms with Crippen molar-refractivity contribution in [2.75, 3.05) is 13.3 Å². The van der Waals surface area contributed by atoms with Crippen LogP contribution in [0.1, 0.15) is 80.8 Å². The molecule has 1 atom stereocenters. The summed E-state index contributed by atoms with van der Waals surface area (Å²) in [6.45, 7) is 5.32. The zero-order chi connectivity index (χ0) is 32.8. The molecule has 13 heteroatoms. The maximum Gasteiger partial charge on any atom is 0.322 e. The smallest absolute Gasteiger partial charge is 0.322 e. The van der Waals surface area contributed by atoms with Crippen molar-refractivity contribution in [3.05, 3.63) is 94.1 Å². The number of benzene rings is 2. The Kier molecular flexibility index (Phi) is 9.91. The molecule has 3 N–H and O–H groups in total. The molecule has 2 aromatic heterocycles. The van der Waals surface area contributed by atoms with Crippen molar-refractivity contribution in [2.24, 2.45) is 0 Å². The van der Waals surface area contributed by atoms with Crippen LogP contribution in [-0.2, 0) is 25.5 Å². The van der Waals surface area contributed by atoms with Gasteiger partial charge in [-0.15, -0.1) is 0 Å². The quantitative estimate of drug-likeness (QED) is 0.0859. The Morgan fingerprint density at radius 3 is 2.50 bits per heavy atom. The fourth-order valence-corrected chi connectivity index (χ4v) is 5.06. The van der Waals surface area contributed by atoms with Crippen molar-refractivity contribution in [3.8, 4) is 5.75 Å². The standard InChI is InChI=1S/C33H35N5O8/c1-4-13-34-31(40)22-8-5-19(2)25(15-22)28(33(42)45-18-44-27(39)14-21-6-11-24(46-43)12-7-21)29-30-20(3)26(16-38(30)36-17-35-29)32(41)37-23-9-10-23/h5-8,11-12,15-17,23,28,43H,4,9-10,13-14,18H2,1-3H3,(H,34,40)(H,37,41). The molecule has 1 aliphatic carbocycles. The number of aryl methyl sites for hydroxylation is 2. The summed E-state index contributed by atoms with van der Waals surface area (Å²) in [4.78, 5) is 60.9.